The third-order valence-corrected chi connectivity index (χ3v) is 10.2. The van der Waals surface area contributed by atoms with Gasteiger partial charge in [0.25, 0.3) is 0 Å². The predicted octanol–water partition coefficient (Wildman–Crippen LogP) is 0.572. The van der Waals surface area contributed by atoms with Gasteiger partial charge in [0, 0.05) is 49.7 Å². The topological polar surface area (TPSA) is 157 Å². The van der Waals surface area contributed by atoms with E-state index in [4.69, 9.17) is 28.4 Å². The van der Waals surface area contributed by atoms with E-state index in [2.05, 4.69) is 0 Å². The highest BCUT2D eigenvalue weighted by atomic mass is 32.2. The molecule has 11 nitrogen and oxygen atoms in total. The van der Waals surface area contributed by atoms with Crippen LogP contribution in [0.15, 0.2) is 0 Å². The number of hydrogen-bond donors (Lipinski definition) is 5. The Labute approximate surface area is 232 Å². The van der Waals surface area contributed by atoms with Gasteiger partial charge in [-0.15, -0.1) is 23.5 Å². The van der Waals surface area contributed by atoms with Gasteiger partial charge in [-0.2, -0.15) is 0 Å². The zero-order chi connectivity index (χ0) is 27.1. The molecule has 222 valence electrons. The summed E-state index contributed by atoms with van der Waals surface area (Å²) in [5.74, 6) is 0. The molecule has 4 aliphatic heterocycles. The lowest BCUT2D eigenvalue weighted by atomic mass is 10.0. The van der Waals surface area contributed by atoms with Crippen LogP contribution in [0.3, 0.4) is 0 Å². The van der Waals surface area contributed by atoms with Crippen LogP contribution >= 0.6 is 23.5 Å². The molecule has 0 amide bonds. The van der Waals surface area contributed by atoms with Crippen LogP contribution in [-0.2, 0) is 28.4 Å². The van der Waals surface area contributed by atoms with Crippen LogP contribution in [-0.4, -0.2) is 130 Å². The van der Waals surface area contributed by atoms with E-state index in [1.54, 1.807) is 30.6 Å². The molecule has 0 aromatic heterocycles. The maximum Gasteiger partial charge on any atom is 0.160 e. The van der Waals surface area contributed by atoms with Crippen molar-refractivity contribution in [1.82, 2.24) is 0 Å². The molecular weight excluding hydrogens is 540 g/mol. The first-order chi connectivity index (χ1) is 18.4. The highest BCUT2D eigenvalue weighted by Crippen LogP contribution is 2.42. The van der Waals surface area contributed by atoms with Crippen LogP contribution in [0, 0.1) is 0 Å². The summed E-state index contributed by atoms with van der Waals surface area (Å²) >= 11 is 3.40. The molecule has 0 saturated carbocycles. The minimum absolute atomic E-state index is 0.0556. The fraction of sp³-hybridized carbons (Fsp3) is 1.00. The summed E-state index contributed by atoms with van der Waals surface area (Å²) in [6, 6.07) is 0. The average molecular weight is 585 g/mol. The van der Waals surface area contributed by atoms with E-state index in [-0.39, 0.29) is 78.5 Å². The molecule has 0 aliphatic carbocycles. The van der Waals surface area contributed by atoms with Crippen LogP contribution in [0.4, 0.5) is 0 Å². The first-order valence-corrected chi connectivity index (χ1v) is 15.5. The molecule has 4 rings (SSSR count). The predicted molar refractivity (Wildman–Crippen MR) is 141 cm³/mol. The second-order valence-corrected chi connectivity index (χ2v) is 13.5. The van der Waals surface area contributed by atoms with Crippen LogP contribution in [0.25, 0.3) is 0 Å². The van der Waals surface area contributed by atoms with Crippen molar-refractivity contribution in [3.63, 3.8) is 0 Å². The lowest BCUT2D eigenvalue weighted by molar-refractivity contribution is -0.251. The monoisotopic (exact) mass is 584 g/mol. The van der Waals surface area contributed by atoms with Gasteiger partial charge >= 0.3 is 0 Å². The Hall–Kier alpha value is 0.260. The average Bonchev–Trinajstić information content (AvgIpc) is 2.91. The van der Waals surface area contributed by atoms with Gasteiger partial charge in [0.2, 0.25) is 0 Å². The van der Waals surface area contributed by atoms with Crippen LogP contribution < -0.4 is 0 Å². The van der Waals surface area contributed by atoms with Gasteiger partial charge in [0.15, 0.2) is 12.6 Å². The van der Waals surface area contributed by atoms with Crippen LogP contribution in [0.1, 0.15) is 51.4 Å². The SMILES string of the molecule is COC1CC(SC2CC(SC3CC(OC4CC(O)CC(CO)O4)CC(CO)O3)CC(CO)O2)C[C@@H](CO)O1. The van der Waals surface area contributed by atoms with E-state index in [1.165, 1.54) is 0 Å². The summed E-state index contributed by atoms with van der Waals surface area (Å²) < 4.78 is 35.4. The van der Waals surface area contributed by atoms with Gasteiger partial charge in [-0.05, 0) is 19.3 Å². The number of aliphatic hydroxyl groups is 5. The molecule has 4 saturated heterocycles. The van der Waals surface area contributed by atoms with E-state index >= 15 is 0 Å². The minimum Gasteiger partial charge on any atom is -0.394 e. The number of aliphatic hydroxyl groups excluding tert-OH is 5. The first-order valence-electron chi connectivity index (χ1n) is 13.6. The van der Waals surface area contributed by atoms with Crippen molar-refractivity contribution >= 4 is 23.5 Å². The Balaban J connectivity index is 1.33. The molecule has 0 bridgehead atoms. The summed E-state index contributed by atoms with van der Waals surface area (Å²) in [5.41, 5.74) is -0.323. The third kappa shape index (κ3) is 9.13. The molecule has 13 heteroatoms. The molecule has 4 aliphatic rings. The Kier molecular flexibility index (Phi) is 12.7. The van der Waals surface area contributed by atoms with Crippen molar-refractivity contribution in [1.29, 1.82) is 0 Å². The number of rotatable bonds is 11. The number of hydrogen-bond acceptors (Lipinski definition) is 13. The summed E-state index contributed by atoms with van der Waals surface area (Å²) in [5, 5.41) is 49.3. The fourth-order valence-corrected chi connectivity index (χ4v) is 8.90. The quantitative estimate of drug-likeness (QED) is 0.230. The first kappa shape index (κ1) is 31.2. The number of methoxy groups -OCH3 is 1. The van der Waals surface area contributed by atoms with Crippen molar-refractivity contribution in [2.24, 2.45) is 0 Å². The Morgan fingerprint density at radius 2 is 1.13 bits per heavy atom. The van der Waals surface area contributed by atoms with Gasteiger partial charge in [-0.3, -0.25) is 0 Å². The summed E-state index contributed by atoms with van der Waals surface area (Å²) in [6.07, 6.45) is 1.63. The molecule has 0 spiro atoms. The lowest BCUT2D eigenvalue weighted by Gasteiger charge is -2.41. The molecular formula is C25H44O11S2. The summed E-state index contributed by atoms with van der Waals surface area (Å²) in [6.45, 7) is -0.407. The molecule has 5 N–H and O–H groups in total. The molecule has 0 radical (unpaired) electrons. The van der Waals surface area contributed by atoms with Gasteiger partial charge in [0.1, 0.15) is 10.9 Å². The Bertz CT molecular complexity index is 682. The van der Waals surface area contributed by atoms with Crippen molar-refractivity contribution < 1.29 is 54.0 Å². The highest BCUT2D eigenvalue weighted by molar-refractivity contribution is 8.01. The highest BCUT2D eigenvalue weighted by Gasteiger charge is 2.39. The summed E-state index contributed by atoms with van der Waals surface area (Å²) in [7, 11) is 1.60. The Morgan fingerprint density at radius 3 is 1.76 bits per heavy atom. The summed E-state index contributed by atoms with van der Waals surface area (Å²) in [4.78, 5) is 0. The van der Waals surface area contributed by atoms with Crippen molar-refractivity contribution in [3.8, 4) is 0 Å². The standard InChI is InChI=1S/C25H44O11S2/c1-31-22-8-20(5-18(12-28)33-22)37-25-9-21(6-19(13-29)36-25)38-24-7-15(4-17(11-27)35-24)32-23-3-14(30)2-16(10-26)34-23/h14-30H,2-13H2,1H3/t14?,15?,16?,17?,18-,19?,20?,21?,22?,23?,24?,25?/m0/s1. The maximum absolute atomic E-state index is 10.1. The second-order valence-electron chi connectivity index (χ2n) is 10.5. The normalized spacial score (nSPS) is 44.7. The molecule has 38 heavy (non-hydrogen) atoms. The van der Waals surface area contributed by atoms with E-state index in [9.17, 15) is 25.5 Å². The van der Waals surface area contributed by atoms with E-state index in [1.807, 2.05) is 0 Å². The van der Waals surface area contributed by atoms with Gasteiger partial charge in [-0.1, -0.05) is 0 Å². The Morgan fingerprint density at radius 1 is 0.605 bits per heavy atom. The zero-order valence-electron chi connectivity index (χ0n) is 21.9. The van der Waals surface area contributed by atoms with E-state index in [0.717, 1.165) is 6.42 Å². The van der Waals surface area contributed by atoms with Crippen molar-refractivity contribution in [2.75, 3.05) is 33.5 Å². The molecule has 4 heterocycles. The smallest absolute Gasteiger partial charge is 0.160 e. The van der Waals surface area contributed by atoms with Crippen LogP contribution in [0.5, 0.6) is 0 Å². The maximum atomic E-state index is 10.1. The van der Waals surface area contributed by atoms with E-state index in [0.29, 0.717) is 44.9 Å². The molecule has 0 aromatic rings. The number of ether oxygens (including phenoxy) is 6. The van der Waals surface area contributed by atoms with Gasteiger partial charge in [-0.25, -0.2) is 0 Å². The fourth-order valence-electron chi connectivity index (χ4n) is 5.60. The molecule has 11 unspecified atom stereocenters. The largest absolute Gasteiger partial charge is 0.394 e. The van der Waals surface area contributed by atoms with Crippen LogP contribution in [0.2, 0.25) is 0 Å². The minimum atomic E-state index is -0.607. The van der Waals surface area contributed by atoms with E-state index < -0.39 is 18.5 Å². The van der Waals surface area contributed by atoms with Gasteiger partial charge in [0.05, 0.1) is 63.1 Å². The van der Waals surface area contributed by atoms with Crippen molar-refractivity contribution in [3.05, 3.63) is 0 Å². The lowest BCUT2D eigenvalue weighted by Crippen LogP contribution is -2.45. The molecule has 4 fully saturated rings. The molecule has 12 atom stereocenters. The zero-order valence-corrected chi connectivity index (χ0v) is 23.5. The second kappa shape index (κ2) is 15.5. The number of thioether (sulfide) groups is 2. The third-order valence-electron chi connectivity index (χ3n) is 7.43. The van der Waals surface area contributed by atoms with Crippen molar-refractivity contribution in [2.45, 2.75) is 122 Å². The van der Waals surface area contributed by atoms with Gasteiger partial charge < -0.3 is 54.0 Å². The molecule has 0 aromatic carbocycles.